The molecule has 5 nitrogen and oxygen atoms in total. The number of unbranched alkanes of at least 4 members (excludes halogenated alkanes) is 1. The van der Waals surface area contributed by atoms with E-state index in [1.807, 2.05) is 6.92 Å². The molecule has 15 heavy (non-hydrogen) atoms. The first kappa shape index (κ1) is 18.2. The van der Waals surface area contributed by atoms with Gasteiger partial charge in [-0.05, 0) is 12.8 Å². The van der Waals surface area contributed by atoms with E-state index in [1.54, 1.807) is 6.92 Å². The van der Waals surface area contributed by atoms with Crippen LogP contribution in [0.5, 0.6) is 0 Å². The van der Waals surface area contributed by atoms with E-state index in [0.29, 0.717) is 12.8 Å². The molecule has 0 aliphatic heterocycles. The van der Waals surface area contributed by atoms with Crippen molar-refractivity contribution in [3.63, 3.8) is 0 Å². The molecular weight excluding hydrogens is 227 g/mol. The summed E-state index contributed by atoms with van der Waals surface area (Å²) in [5.41, 5.74) is 10.7. The van der Waals surface area contributed by atoms with Gasteiger partial charge in [0.05, 0.1) is 0 Å². The zero-order valence-electron chi connectivity index (χ0n) is 9.69. The Labute approximate surface area is 114 Å². The Hall–Kier alpha value is 0.830. The monoisotopic (exact) mass is 246 g/mol. The summed E-state index contributed by atoms with van der Waals surface area (Å²) in [6.07, 6.45) is 2.81. The molecule has 0 amide bonds. The number of hydrogen-bond acceptors (Lipinski definition) is 5. The van der Waals surface area contributed by atoms with Gasteiger partial charge in [-0.1, -0.05) is 26.7 Å². The Bertz CT molecular complexity index is 267. The summed E-state index contributed by atoms with van der Waals surface area (Å²) in [7, 11) is -4.64. The van der Waals surface area contributed by atoms with E-state index < -0.39 is 21.0 Å². The topological polar surface area (TPSA) is 109 Å². The minimum atomic E-state index is -4.64. The summed E-state index contributed by atoms with van der Waals surface area (Å²) in [6, 6.07) is 0. The first-order valence-electron chi connectivity index (χ1n) is 4.80. The molecule has 0 aromatic heterocycles. The maximum absolute atomic E-state index is 10.8. The predicted molar refractivity (Wildman–Crippen MR) is 54.1 cm³/mol. The van der Waals surface area contributed by atoms with Gasteiger partial charge in [0.2, 0.25) is 0 Å². The summed E-state index contributed by atoms with van der Waals surface area (Å²) >= 11 is 0. The van der Waals surface area contributed by atoms with Crippen LogP contribution in [0.25, 0.3) is 0 Å². The maximum Gasteiger partial charge on any atom is 1.00 e. The van der Waals surface area contributed by atoms with Crippen molar-refractivity contribution >= 4 is 10.1 Å². The normalized spacial score (nSPS) is 14.5. The molecule has 0 radical (unpaired) electrons. The molecule has 0 aliphatic carbocycles. The van der Waals surface area contributed by atoms with Gasteiger partial charge in [0.15, 0.2) is 4.99 Å². The van der Waals surface area contributed by atoms with E-state index in [9.17, 15) is 13.0 Å². The van der Waals surface area contributed by atoms with Crippen molar-refractivity contribution in [2.75, 3.05) is 0 Å². The molecule has 0 aromatic rings. The van der Waals surface area contributed by atoms with Gasteiger partial charge in [0.1, 0.15) is 10.1 Å². The van der Waals surface area contributed by atoms with E-state index >= 15 is 0 Å². The van der Waals surface area contributed by atoms with Crippen LogP contribution in [0.4, 0.5) is 0 Å². The molecule has 0 aromatic carbocycles. The number of nitrogens with two attached hydrogens (primary N) is 2. The fourth-order valence-corrected chi connectivity index (χ4v) is 2.10. The Kier molecular flexibility index (Phi) is 8.75. The number of rotatable bonds is 6. The molecule has 7 heteroatoms. The summed E-state index contributed by atoms with van der Waals surface area (Å²) in [4.78, 5) is -2.13. The average Bonchev–Trinajstić information content (AvgIpc) is 2.03. The first-order chi connectivity index (χ1) is 6.27. The molecule has 4 N–H and O–H groups in total. The molecule has 0 heterocycles. The smallest absolute Gasteiger partial charge is 0.745 e. The van der Waals surface area contributed by atoms with Gasteiger partial charge in [0, 0.05) is 5.92 Å². The zero-order valence-corrected chi connectivity index (χ0v) is 12.5. The van der Waals surface area contributed by atoms with E-state index in [-0.39, 0.29) is 29.6 Å². The summed E-state index contributed by atoms with van der Waals surface area (Å²) < 4.78 is 32.4. The second kappa shape index (κ2) is 7.21. The zero-order chi connectivity index (χ0) is 11.4. The van der Waals surface area contributed by atoms with Gasteiger partial charge in [0.25, 0.3) is 0 Å². The second-order valence-electron chi connectivity index (χ2n) is 3.56. The van der Waals surface area contributed by atoms with E-state index in [4.69, 9.17) is 11.5 Å². The second-order valence-corrected chi connectivity index (χ2v) is 5.17. The molecule has 1 unspecified atom stereocenters. The molecule has 0 saturated heterocycles. The van der Waals surface area contributed by atoms with Crippen LogP contribution in [0, 0.1) is 5.92 Å². The number of hydrogen-bond donors (Lipinski definition) is 2. The molecule has 86 valence electrons. The standard InChI is InChI=1S/C8H20N2O3S.Na/c1-3-5-6-7(4-2)8(9,10)14(11,12)13;/h7H,3-6,9-10H2,1-2H3,(H,11,12,13);/q;+1/p-1. The van der Waals surface area contributed by atoms with Crippen LogP contribution in [-0.2, 0) is 10.1 Å². The Morgan fingerprint density at radius 3 is 2.07 bits per heavy atom. The summed E-state index contributed by atoms with van der Waals surface area (Å²) in [5.74, 6) is -0.468. The SMILES string of the molecule is CCCCC(CC)C(N)(N)S(=O)(=O)[O-].[Na+]. The van der Waals surface area contributed by atoms with Crippen LogP contribution >= 0.6 is 0 Å². The third-order valence-electron chi connectivity index (χ3n) is 2.47. The molecule has 0 bridgehead atoms. The molecule has 0 spiro atoms. The fraction of sp³-hybridized carbons (Fsp3) is 1.00. The third-order valence-corrected chi connectivity index (χ3v) is 3.67. The van der Waals surface area contributed by atoms with Crippen molar-refractivity contribution in [2.45, 2.75) is 44.5 Å². The molecular formula is C8H19N2NaO3S. The van der Waals surface area contributed by atoms with Crippen molar-refractivity contribution in [1.29, 1.82) is 0 Å². The average molecular weight is 246 g/mol. The Morgan fingerprint density at radius 1 is 1.33 bits per heavy atom. The van der Waals surface area contributed by atoms with Crippen LogP contribution in [-0.4, -0.2) is 18.0 Å². The Balaban J connectivity index is 0. The van der Waals surface area contributed by atoms with Crippen molar-refractivity contribution < 1.29 is 42.5 Å². The van der Waals surface area contributed by atoms with Gasteiger partial charge in [-0.15, -0.1) is 0 Å². The quantitative estimate of drug-likeness (QED) is 0.301. The van der Waals surface area contributed by atoms with Crippen LogP contribution in [0.1, 0.15) is 39.5 Å². The summed E-state index contributed by atoms with van der Waals surface area (Å²) in [5, 5.41) is 0. The van der Waals surface area contributed by atoms with Gasteiger partial charge in [-0.2, -0.15) is 0 Å². The van der Waals surface area contributed by atoms with Crippen LogP contribution in [0.3, 0.4) is 0 Å². The van der Waals surface area contributed by atoms with Crippen LogP contribution in [0.2, 0.25) is 0 Å². The van der Waals surface area contributed by atoms with Crippen molar-refractivity contribution in [1.82, 2.24) is 0 Å². The van der Waals surface area contributed by atoms with Crippen molar-refractivity contribution in [3.05, 3.63) is 0 Å². The summed E-state index contributed by atoms with van der Waals surface area (Å²) in [6.45, 7) is 3.76. The third kappa shape index (κ3) is 5.12. The molecule has 0 rings (SSSR count). The van der Waals surface area contributed by atoms with Crippen molar-refractivity contribution in [3.8, 4) is 0 Å². The minimum absolute atomic E-state index is 0. The molecule has 1 atom stereocenters. The molecule has 0 fully saturated rings. The van der Waals surface area contributed by atoms with Gasteiger partial charge in [-0.25, -0.2) is 8.42 Å². The Morgan fingerprint density at radius 2 is 1.80 bits per heavy atom. The predicted octanol–water partition coefficient (Wildman–Crippen LogP) is -2.68. The first-order valence-corrected chi connectivity index (χ1v) is 6.21. The molecule has 0 aliphatic rings. The van der Waals surface area contributed by atoms with Crippen LogP contribution in [0.15, 0.2) is 0 Å². The molecule has 0 saturated carbocycles. The van der Waals surface area contributed by atoms with Gasteiger partial charge in [-0.3, -0.25) is 0 Å². The van der Waals surface area contributed by atoms with Crippen molar-refractivity contribution in [2.24, 2.45) is 17.4 Å². The van der Waals surface area contributed by atoms with E-state index in [2.05, 4.69) is 0 Å². The van der Waals surface area contributed by atoms with Crippen LogP contribution < -0.4 is 41.0 Å². The fourth-order valence-electron chi connectivity index (χ4n) is 1.40. The van der Waals surface area contributed by atoms with E-state index in [1.165, 1.54) is 0 Å². The largest absolute Gasteiger partial charge is 1.00 e. The van der Waals surface area contributed by atoms with E-state index in [0.717, 1.165) is 12.8 Å². The van der Waals surface area contributed by atoms with Gasteiger partial charge < -0.3 is 16.0 Å². The minimum Gasteiger partial charge on any atom is -0.745 e. The van der Waals surface area contributed by atoms with Gasteiger partial charge >= 0.3 is 29.6 Å². The maximum atomic E-state index is 10.8.